The lowest BCUT2D eigenvalue weighted by Crippen LogP contribution is -2.58. The second-order valence-electron chi connectivity index (χ2n) is 7.92. The molecule has 4 rings (SSSR count). The summed E-state index contributed by atoms with van der Waals surface area (Å²) in [6.45, 7) is 5.04. The first-order valence-electron chi connectivity index (χ1n) is 9.94. The molecule has 2 saturated heterocycles. The minimum Gasteiger partial charge on any atom is -0.508 e. The number of nitrogens with zero attached hydrogens (tertiary/aromatic N) is 3. The zero-order valence-electron chi connectivity index (χ0n) is 16.0. The summed E-state index contributed by atoms with van der Waals surface area (Å²) in [5, 5.41) is 20.8. The average Bonchev–Trinajstić information content (AvgIpc) is 3.22. The molecule has 0 saturated carbocycles. The van der Waals surface area contributed by atoms with Crippen LogP contribution >= 0.6 is 0 Å². The number of phenolic OH excluding ortho intramolecular Hbond substituents is 1. The number of piperazine rings is 1. The highest BCUT2D eigenvalue weighted by atomic mass is 16.3. The first kappa shape index (κ1) is 18.8. The van der Waals surface area contributed by atoms with Gasteiger partial charge in [0.25, 0.3) is 5.91 Å². The standard InChI is InChI=1S/C21H28N4O3/c26-18-5-1-4-17(14-18)24-12-10-23(11-13-24)15-21(28)7-3-9-25(16-21)20(27)19-6-2-8-22-19/h1-2,4-6,8,14,22,26,28H,3,7,9-13,15-16H2. The van der Waals surface area contributed by atoms with Crippen LogP contribution in [0.3, 0.4) is 0 Å². The predicted molar refractivity (Wildman–Crippen MR) is 108 cm³/mol. The summed E-state index contributed by atoms with van der Waals surface area (Å²) in [7, 11) is 0. The average molecular weight is 384 g/mol. The van der Waals surface area contributed by atoms with Crippen LogP contribution in [-0.4, -0.2) is 82.3 Å². The molecule has 7 nitrogen and oxygen atoms in total. The third-order valence-corrected chi connectivity index (χ3v) is 5.76. The Bertz CT molecular complexity index is 802. The Labute approximate surface area is 165 Å². The molecule has 1 aromatic carbocycles. The van der Waals surface area contributed by atoms with Crippen LogP contribution in [-0.2, 0) is 0 Å². The minimum atomic E-state index is -0.867. The van der Waals surface area contributed by atoms with Crippen molar-refractivity contribution in [2.24, 2.45) is 0 Å². The number of carbonyl (C=O) groups is 1. The molecule has 150 valence electrons. The van der Waals surface area contributed by atoms with E-state index < -0.39 is 5.60 Å². The molecular weight excluding hydrogens is 356 g/mol. The van der Waals surface area contributed by atoms with E-state index >= 15 is 0 Å². The molecule has 2 aromatic rings. The zero-order valence-corrected chi connectivity index (χ0v) is 16.0. The number of aromatic hydroxyl groups is 1. The van der Waals surface area contributed by atoms with Gasteiger partial charge in [-0.05, 0) is 37.1 Å². The van der Waals surface area contributed by atoms with Gasteiger partial charge >= 0.3 is 0 Å². The quantitative estimate of drug-likeness (QED) is 0.744. The van der Waals surface area contributed by atoms with Gasteiger partial charge in [-0.3, -0.25) is 9.69 Å². The summed E-state index contributed by atoms with van der Waals surface area (Å²) in [4.78, 5) is 21.9. The molecule has 2 aliphatic heterocycles. The van der Waals surface area contributed by atoms with E-state index in [2.05, 4.69) is 14.8 Å². The van der Waals surface area contributed by atoms with Gasteiger partial charge in [-0.1, -0.05) is 6.07 Å². The normalized spacial score (nSPS) is 23.8. The maximum atomic E-state index is 12.6. The van der Waals surface area contributed by atoms with Gasteiger partial charge in [0, 0.05) is 57.2 Å². The van der Waals surface area contributed by atoms with Crippen LogP contribution in [0.1, 0.15) is 23.3 Å². The largest absolute Gasteiger partial charge is 0.508 e. The number of β-amino-alcohol motifs (C(OH)–C–C–N with tert-alkyl or cyclic N) is 1. The predicted octanol–water partition coefficient (Wildman–Crippen LogP) is 1.51. The van der Waals surface area contributed by atoms with E-state index in [1.54, 1.807) is 29.3 Å². The van der Waals surface area contributed by atoms with E-state index in [0.29, 0.717) is 31.7 Å². The molecule has 1 amide bonds. The number of anilines is 1. The Morgan fingerprint density at radius 2 is 1.93 bits per heavy atom. The third-order valence-electron chi connectivity index (χ3n) is 5.76. The summed E-state index contributed by atoms with van der Waals surface area (Å²) < 4.78 is 0. The number of aromatic nitrogens is 1. The molecule has 0 spiro atoms. The number of piperidine rings is 1. The smallest absolute Gasteiger partial charge is 0.270 e. The van der Waals surface area contributed by atoms with Gasteiger partial charge in [0.05, 0.1) is 12.1 Å². The number of phenols is 1. The fourth-order valence-electron chi connectivity index (χ4n) is 4.32. The molecule has 3 heterocycles. The number of amides is 1. The van der Waals surface area contributed by atoms with Gasteiger partial charge in [-0.25, -0.2) is 0 Å². The molecule has 2 fully saturated rings. The SMILES string of the molecule is O=C(c1ccc[nH]1)N1CCCC(O)(CN2CCN(c3cccc(O)c3)CC2)C1. The zero-order chi connectivity index (χ0) is 19.6. The number of likely N-dealkylation sites (tertiary alicyclic amines) is 1. The van der Waals surface area contributed by atoms with Crippen molar-refractivity contribution in [3.8, 4) is 5.75 Å². The number of hydrogen-bond donors (Lipinski definition) is 3. The number of carbonyl (C=O) groups excluding carboxylic acids is 1. The van der Waals surface area contributed by atoms with Crippen molar-refractivity contribution in [2.45, 2.75) is 18.4 Å². The molecule has 1 unspecified atom stereocenters. The van der Waals surface area contributed by atoms with Crippen LogP contribution in [0.2, 0.25) is 0 Å². The van der Waals surface area contributed by atoms with Gasteiger partial charge in [-0.2, -0.15) is 0 Å². The van der Waals surface area contributed by atoms with Gasteiger partial charge in [0.2, 0.25) is 0 Å². The molecular formula is C21H28N4O3. The van der Waals surface area contributed by atoms with Crippen molar-refractivity contribution < 1.29 is 15.0 Å². The van der Waals surface area contributed by atoms with Crippen LogP contribution < -0.4 is 4.90 Å². The second-order valence-corrected chi connectivity index (χ2v) is 7.92. The van der Waals surface area contributed by atoms with E-state index in [-0.39, 0.29) is 11.7 Å². The van der Waals surface area contributed by atoms with E-state index in [9.17, 15) is 15.0 Å². The second kappa shape index (κ2) is 7.85. The molecule has 1 atom stereocenters. The molecule has 7 heteroatoms. The summed E-state index contributed by atoms with van der Waals surface area (Å²) in [6, 6.07) is 10.9. The highest BCUT2D eigenvalue weighted by Crippen LogP contribution is 2.26. The lowest BCUT2D eigenvalue weighted by Gasteiger charge is -2.44. The molecule has 0 radical (unpaired) electrons. The number of nitrogens with one attached hydrogen (secondary N) is 1. The third kappa shape index (κ3) is 4.15. The van der Waals surface area contributed by atoms with Crippen LogP contribution in [0.4, 0.5) is 5.69 Å². The molecule has 0 bridgehead atoms. The fourth-order valence-corrected chi connectivity index (χ4v) is 4.32. The number of aliphatic hydroxyl groups is 1. The van der Waals surface area contributed by atoms with E-state index in [4.69, 9.17) is 0 Å². The van der Waals surface area contributed by atoms with Crippen molar-refractivity contribution >= 4 is 11.6 Å². The van der Waals surface area contributed by atoms with Crippen molar-refractivity contribution in [1.82, 2.24) is 14.8 Å². The number of hydrogen-bond acceptors (Lipinski definition) is 5. The van der Waals surface area contributed by atoms with E-state index in [1.807, 2.05) is 18.2 Å². The highest BCUT2D eigenvalue weighted by molar-refractivity contribution is 5.92. The summed E-state index contributed by atoms with van der Waals surface area (Å²) in [5.74, 6) is 0.236. The van der Waals surface area contributed by atoms with Crippen LogP contribution in [0, 0.1) is 0 Å². The maximum absolute atomic E-state index is 12.6. The maximum Gasteiger partial charge on any atom is 0.270 e. The Hall–Kier alpha value is -2.51. The Morgan fingerprint density at radius 1 is 1.11 bits per heavy atom. The lowest BCUT2D eigenvalue weighted by molar-refractivity contribution is -0.0474. The van der Waals surface area contributed by atoms with E-state index in [1.165, 1.54) is 0 Å². The van der Waals surface area contributed by atoms with Gasteiger partial charge < -0.3 is 25.0 Å². The first-order valence-corrected chi connectivity index (χ1v) is 9.94. The fraction of sp³-hybridized carbons (Fsp3) is 0.476. The van der Waals surface area contributed by atoms with Gasteiger partial charge in [-0.15, -0.1) is 0 Å². The Balaban J connectivity index is 1.33. The van der Waals surface area contributed by atoms with Gasteiger partial charge in [0.1, 0.15) is 11.4 Å². The van der Waals surface area contributed by atoms with Crippen molar-refractivity contribution in [2.75, 3.05) is 50.7 Å². The van der Waals surface area contributed by atoms with Crippen LogP contribution in [0.15, 0.2) is 42.6 Å². The minimum absolute atomic E-state index is 0.0446. The number of aromatic amines is 1. The van der Waals surface area contributed by atoms with Crippen molar-refractivity contribution in [1.29, 1.82) is 0 Å². The van der Waals surface area contributed by atoms with Crippen molar-refractivity contribution in [3.63, 3.8) is 0 Å². The first-order chi connectivity index (χ1) is 13.5. The molecule has 0 aliphatic carbocycles. The Morgan fingerprint density at radius 3 is 2.64 bits per heavy atom. The lowest BCUT2D eigenvalue weighted by atomic mass is 9.91. The number of benzene rings is 1. The van der Waals surface area contributed by atoms with Gasteiger partial charge in [0.15, 0.2) is 0 Å². The molecule has 3 N–H and O–H groups in total. The monoisotopic (exact) mass is 384 g/mol. The van der Waals surface area contributed by atoms with Crippen LogP contribution in [0.25, 0.3) is 0 Å². The Kier molecular flexibility index (Phi) is 5.28. The number of H-pyrrole nitrogens is 1. The molecule has 1 aromatic heterocycles. The number of rotatable bonds is 4. The van der Waals surface area contributed by atoms with Crippen LogP contribution in [0.5, 0.6) is 5.75 Å². The molecule has 2 aliphatic rings. The summed E-state index contributed by atoms with van der Waals surface area (Å²) in [5.41, 5.74) is 0.732. The topological polar surface area (TPSA) is 83.0 Å². The summed E-state index contributed by atoms with van der Waals surface area (Å²) in [6.07, 6.45) is 3.27. The highest BCUT2D eigenvalue weighted by Gasteiger charge is 2.37. The van der Waals surface area contributed by atoms with E-state index in [0.717, 1.165) is 38.3 Å². The molecule has 28 heavy (non-hydrogen) atoms. The van der Waals surface area contributed by atoms with Crippen molar-refractivity contribution in [3.05, 3.63) is 48.3 Å². The summed E-state index contributed by atoms with van der Waals surface area (Å²) >= 11 is 0.